The molecule has 1 N–H and O–H groups in total. The van der Waals surface area contributed by atoms with Crippen molar-refractivity contribution in [1.29, 1.82) is 0 Å². The fourth-order valence-corrected chi connectivity index (χ4v) is 2.73. The first-order valence-corrected chi connectivity index (χ1v) is 9.38. The molecule has 0 spiro atoms. The molecule has 0 radical (unpaired) electrons. The zero-order valence-corrected chi connectivity index (χ0v) is 16.5. The molecule has 0 aromatic heterocycles. The summed E-state index contributed by atoms with van der Waals surface area (Å²) in [6.45, 7) is 8.22. The van der Waals surface area contributed by atoms with Gasteiger partial charge in [-0.2, -0.15) is 0 Å². The van der Waals surface area contributed by atoms with E-state index in [1.165, 1.54) is 16.7 Å². The minimum atomic E-state index is 0.550. The first-order valence-electron chi connectivity index (χ1n) is 9.38. The fraction of sp³-hybridized carbons (Fsp3) is 0.455. The van der Waals surface area contributed by atoms with Crippen LogP contribution < -0.4 is 14.8 Å². The number of nitrogens with one attached hydrogen (secondary N) is 1. The van der Waals surface area contributed by atoms with Crippen LogP contribution in [0.25, 0.3) is 0 Å². The van der Waals surface area contributed by atoms with Crippen molar-refractivity contribution in [3.8, 4) is 11.5 Å². The van der Waals surface area contributed by atoms with E-state index in [0.717, 1.165) is 37.6 Å². The first kappa shape index (κ1) is 20.3. The molecule has 2 aromatic rings. The van der Waals surface area contributed by atoms with Crippen LogP contribution in [0.15, 0.2) is 42.5 Å². The van der Waals surface area contributed by atoms with Gasteiger partial charge in [-0.05, 0) is 76.3 Å². The number of ether oxygens (including phenoxy) is 2. The molecule has 0 aliphatic carbocycles. The lowest BCUT2D eigenvalue weighted by Gasteiger charge is -2.15. The van der Waals surface area contributed by atoms with E-state index in [4.69, 9.17) is 9.47 Å². The molecule has 142 valence electrons. The maximum Gasteiger partial charge on any atom is 0.161 e. The molecule has 0 heterocycles. The largest absolute Gasteiger partial charge is 0.490 e. The van der Waals surface area contributed by atoms with Crippen molar-refractivity contribution in [2.75, 3.05) is 33.8 Å². The third-order valence-electron chi connectivity index (χ3n) is 4.24. The van der Waals surface area contributed by atoms with E-state index in [9.17, 15) is 0 Å². The van der Waals surface area contributed by atoms with Crippen molar-refractivity contribution in [3.05, 3.63) is 59.2 Å². The standard InChI is InChI=1S/C22H32N2O2/c1-5-25-22-15-19(16-23-13-8-14-24(3)4)11-12-21(22)26-17-20-10-7-6-9-18(20)2/h6-7,9-12,15,23H,5,8,13-14,16-17H2,1-4H3. The van der Waals surface area contributed by atoms with Gasteiger partial charge in [0.1, 0.15) is 6.61 Å². The predicted molar refractivity (Wildman–Crippen MR) is 108 cm³/mol. The minimum absolute atomic E-state index is 0.550. The van der Waals surface area contributed by atoms with E-state index in [1.54, 1.807) is 0 Å². The average molecular weight is 357 g/mol. The Labute approximate surface area is 158 Å². The number of aryl methyl sites for hydroxylation is 1. The predicted octanol–water partition coefficient (Wildman–Crippen LogP) is 4.01. The Kier molecular flexibility index (Phi) is 8.45. The summed E-state index contributed by atoms with van der Waals surface area (Å²) >= 11 is 0. The molecule has 0 aliphatic heterocycles. The van der Waals surface area contributed by atoms with Crippen LogP contribution in [-0.2, 0) is 13.2 Å². The van der Waals surface area contributed by atoms with Gasteiger partial charge in [-0.25, -0.2) is 0 Å². The van der Waals surface area contributed by atoms with Crippen molar-refractivity contribution >= 4 is 0 Å². The Morgan fingerprint density at radius 1 is 1.00 bits per heavy atom. The molecule has 0 atom stereocenters. The van der Waals surface area contributed by atoms with Gasteiger partial charge < -0.3 is 19.7 Å². The van der Waals surface area contributed by atoms with Crippen LogP contribution in [-0.4, -0.2) is 38.7 Å². The molecule has 0 unspecified atom stereocenters. The van der Waals surface area contributed by atoms with Gasteiger partial charge in [-0.15, -0.1) is 0 Å². The topological polar surface area (TPSA) is 33.7 Å². The highest BCUT2D eigenvalue weighted by Gasteiger charge is 2.08. The highest BCUT2D eigenvalue weighted by atomic mass is 16.5. The summed E-state index contributed by atoms with van der Waals surface area (Å²) in [7, 11) is 4.20. The second-order valence-corrected chi connectivity index (χ2v) is 6.76. The molecule has 0 bridgehead atoms. The minimum Gasteiger partial charge on any atom is -0.490 e. The second-order valence-electron chi connectivity index (χ2n) is 6.76. The zero-order chi connectivity index (χ0) is 18.8. The van der Waals surface area contributed by atoms with Crippen molar-refractivity contribution in [2.45, 2.75) is 33.4 Å². The molecule has 0 saturated heterocycles. The quantitative estimate of drug-likeness (QED) is 0.617. The zero-order valence-electron chi connectivity index (χ0n) is 16.5. The average Bonchev–Trinajstić information content (AvgIpc) is 2.62. The first-order chi connectivity index (χ1) is 12.6. The third-order valence-corrected chi connectivity index (χ3v) is 4.24. The van der Waals surface area contributed by atoms with Crippen LogP contribution in [0.5, 0.6) is 11.5 Å². The fourth-order valence-electron chi connectivity index (χ4n) is 2.73. The van der Waals surface area contributed by atoms with E-state index in [0.29, 0.717) is 13.2 Å². The Morgan fingerprint density at radius 2 is 1.81 bits per heavy atom. The van der Waals surface area contributed by atoms with Crippen LogP contribution in [0, 0.1) is 6.92 Å². The van der Waals surface area contributed by atoms with Gasteiger partial charge in [0.15, 0.2) is 11.5 Å². The van der Waals surface area contributed by atoms with Gasteiger partial charge in [0.25, 0.3) is 0 Å². The third kappa shape index (κ3) is 6.70. The Balaban J connectivity index is 1.93. The Morgan fingerprint density at radius 3 is 2.54 bits per heavy atom. The van der Waals surface area contributed by atoms with Gasteiger partial charge in [-0.3, -0.25) is 0 Å². The summed E-state index contributed by atoms with van der Waals surface area (Å²) in [5.41, 5.74) is 3.65. The highest BCUT2D eigenvalue weighted by molar-refractivity contribution is 5.43. The maximum atomic E-state index is 6.03. The summed E-state index contributed by atoms with van der Waals surface area (Å²) in [6.07, 6.45) is 1.14. The van der Waals surface area contributed by atoms with Crippen molar-refractivity contribution in [1.82, 2.24) is 10.2 Å². The van der Waals surface area contributed by atoms with Crippen LogP contribution >= 0.6 is 0 Å². The van der Waals surface area contributed by atoms with Crippen LogP contribution in [0.4, 0.5) is 0 Å². The smallest absolute Gasteiger partial charge is 0.161 e. The van der Waals surface area contributed by atoms with Gasteiger partial charge in [0, 0.05) is 6.54 Å². The summed E-state index contributed by atoms with van der Waals surface area (Å²) in [5.74, 6) is 1.61. The molecule has 4 heteroatoms. The second kappa shape index (κ2) is 10.8. The molecule has 0 saturated carbocycles. The maximum absolute atomic E-state index is 6.03. The SMILES string of the molecule is CCOc1cc(CNCCCN(C)C)ccc1OCc1ccccc1C. The number of hydrogen-bond donors (Lipinski definition) is 1. The molecule has 2 rings (SSSR count). The van der Waals surface area contributed by atoms with Crippen molar-refractivity contribution in [3.63, 3.8) is 0 Å². The number of benzene rings is 2. The van der Waals surface area contributed by atoms with E-state index in [-0.39, 0.29) is 0 Å². The van der Waals surface area contributed by atoms with Crippen molar-refractivity contribution in [2.24, 2.45) is 0 Å². The molecule has 0 fully saturated rings. The number of nitrogens with zero attached hydrogens (tertiary/aromatic N) is 1. The van der Waals surface area contributed by atoms with E-state index in [2.05, 4.69) is 55.5 Å². The lowest BCUT2D eigenvalue weighted by molar-refractivity contribution is 0.268. The molecule has 4 nitrogen and oxygen atoms in total. The highest BCUT2D eigenvalue weighted by Crippen LogP contribution is 2.29. The Hall–Kier alpha value is -2.04. The monoisotopic (exact) mass is 356 g/mol. The normalized spacial score (nSPS) is 11.0. The summed E-state index contributed by atoms with van der Waals surface area (Å²) < 4.78 is 11.8. The molecule has 0 amide bonds. The summed E-state index contributed by atoms with van der Waals surface area (Å²) in [4.78, 5) is 2.20. The van der Waals surface area contributed by atoms with Crippen molar-refractivity contribution < 1.29 is 9.47 Å². The molecule has 26 heavy (non-hydrogen) atoms. The number of rotatable bonds is 11. The summed E-state index contributed by atoms with van der Waals surface area (Å²) in [5, 5.41) is 3.49. The van der Waals surface area contributed by atoms with Gasteiger partial charge >= 0.3 is 0 Å². The molecular formula is C22H32N2O2. The molecule has 0 aliphatic rings. The number of hydrogen-bond acceptors (Lipinski definition) is 4. The molecule has 2 aromatic carbocycles. The summed E-state index contributed by atoms with van der Waals surface area (Å²) in [6, 6.07) is 14.5. The lowest BCUT2D eigenvalue weighted by atomic mass is 10.1. The van der Waals surface area contributed by atoms with E-state index >= 15 is 0 Å². The van der Waals surface area contributed by atoms with E-state index in [1.807, 2.05) is 25.1 Å². The van der Waals surface area contributed by atoms with Gasteiger partial charge in [-0.1, -0.05) is 30.3 Å². The van der Waals surface area contributed by atoms with Crippen LogP contribution in [0.2, 0.25) is 0 Å². The Bertz CT molecular complexity index is 671. The van der Waals surface area contributed by atoms with Gasteiger partial charge in [0.2, 0.25) is 0 Å². The van der Waals surface area contributed by atoms with Gasteiger partial charge in [0.05, 0.1) is 6.61 Å². The molecular weight excluding hydrogens is 324 g/mol. The van der Waals surface area contributed by atoms with Crippen LogP contribution in [0.3, 0.4) is 0 Å². The lowest BCUT2D eigenvalue weighted by Crippen LogP contribution is -2.21. The van der Waals surface area contributed by atoms with E-state index < -0.39 is 0 Å². The van der Waals surface area contributed by atoms with Crippen LogP contribution in [0.1, 0.15) is 30.0 Å².